The van der Waals surface area contributed by atoms with Gasteiger partial charge >= 0.3 is 5.97 Å². The lowest BCUT2D eigenvalue weighted by molar-refractivity contribution is -0.138. The molecule has 6 heteroatoms. The van der Waals surface area contributed by atoms with Crippen LogP contribution in [-0.4, -0.2) is 52.2 Å². The van der Waals surface area contributed by atoms with Crippen LogP contribution in [0.1, 0.15) is 38.5 Å². The molecule has 0 radical (unpaired) electrons. The summed E-state index contributed by atoms with van der Waals surface area (Å²) in [5.41, 5.74) is 5.74. The van der Waals surface area contributed by atoms with E-state index in [4.69, 9.17) is 15.9 Å². The number of carboxylic acids is 1. The maximum absolute atomic E-state index is 12.1. The molecular weight excluding hydrogens is 236 g/mol. The highest BCUT2D eigenvalue weighted by Crippen LogP contribution is 2.25. The van der Waals surface area contributed by atoms with Gasteiger partial charge in [-0.15, -0.1) is 0 Å². The molecule has 0 aromatic rings. The van der Waals surface area contributed by atoms with Gasteiger partial charge in [-0.1, -0.05) is 0 Å². The van der Waals surface area contributed by atoms with Crippen molar-refractivity contribution in [3.8, 4) is 0 Å². The summed E-state index contributed by atoms with van der Waals surface area (Å²) in [6.07, 6.45) is 3.67. The van der Waals surface area contributed by atoms with Crippen LogP contribution in [0.4, 0.5) is 0 Å². The van der Waals surface area contributed by atoms with Crippen molar-refractivity contribution in [1.29, 1.82) is 0 Å². The van der Waals surface area contributed by atoms with Gasteiger partial charge in [0, 0.05) is 25.6 Å². The number of nitrogens with two attached hydrogens (primary N) is 1. The third kappa shape index (κ3) is 4.27. The number of amides is 1. The number of aliphatic hydroxyl groups excluding tert-OH is 1. The topological polar surface area (TPSA) is 104 Å². The molecule has 1 aliphatic carbocycles. The molecule has 1 aliphatic rings. The van der Waals surface area contributed by atoms with Gasteiger partial charge in [0.25, 0.3) is 0 Å². The number of aliphatic carboxylic acids is 1. The SMILES string of the molecule is NC(CCC(=O)O)C(=O)N(CCCO)C1CCC1. The first-order valence-corrected chi connectivity index (χ1v) is 6.45. The average molecular weight is 258 g/mol. The lowest BCUT2D eigenvalue weighted by Gasteiger charge is -2.38. The van der Waals surface area contributed by atoms with Gasteiger partial charge in [0.2, 0.25) is 5.91 Å². The number of carbonyl (C=O) groups excluding carboxylic acids is 1. The van der Waals surface area contributed by atoms with Gasteiger partial charge in [-0.25, -0.2) is 0 Å². The van der Waals surface area contributed by atoms with Crippen LogP contribution in [0, 0.1) is 0 Å². The molecule has 0 saturated heterocycles. The lowest BCUT2D eigenvalue weighted by Crippen LogP contribution is -2.51. The molecule has 1 fully saturated rings. The zero-order valence-electron chi connectivity index (χ0n) is 10.5. The molecule has 1 saturated carbocycles. The maximum Gasteiger partial charge on any atom is 0.303 e. The van der Waals surface area contributed by atoms with E-state index in [9.17, 15) is 9.59 Å². The van der Waals surface area contributed by atoms with Crippen molar-refractivity contribution < 1.29 is 19.8 Å². The largest absolute Gasteiger partial charge is 0.481 e. The molecule has 0 aliphatic heterocycles. The van der Waals surface area contributed by atoms with Crippen molar-refractivity contribution in [2.24, 2.45) is 5.73 Å². The average Bonchev–Trinajstić information content (AvgIpc) is 2.27. The first kappa shape index (κ1) is 14.9. The van der Waals surface area contributed by atoms with Gasteiger partial charge in [0.05, 0.1) is 6.04 Å². The Hall–Kier alpha value is -1.14. The Bertz CT molecular complexity index is 292. The van der Waals surface area contributed by atoms with E-state index in [1.165, 1.54) is 0 Å². The minimum Gasteiger partial charge on any atom is -0.481 e. The van der Waals surface area contributed by atoms with E-state index >= 15 is 0 Å². The third-order valence-corrected chi connectivity index (χ3v) is 3.34. The summed E-state index contributed by atoms with van der Waals surface area (Å²) in [6.45, 7) is 0.543. The highest BCUT2D eigenvalue weighted by molar-refractivity contribution is 5.82. The number of carboxylic acid groups (broad SMARTS) is 1. The van der Waals surface area contributed by atoms with Crippen LogP contribution in [0.5, 0.6) is 0 Å². The number of rotatable bonds is 8. The fraction of sp³-hybridized carbons (Fsp3) is 0.833. The molecular formula is C12H22N2O4. The van der Waals surface area contributed by atoms with Gasteiger partial charge in [-0.2, -0.15) is 0 Å². The van der Waals surface area contributed by atoms with E-state index < -0.39 is 12.0 Å². The molecule has 1 atom stereocenters. The standard InChI is InChI=1S/C12H22N2O4/c13-10(5-6-11(16)17)12(18)14(7-2-8-15)9-3-1-4-9/h9-10,15H,1-8,13H2,(H,16,17). The first-order chi connectivity index (χ1) is 8.56. The van der Waals surface area contributed by atoms with Crippen LogP contribution in [0.25, 0.3) is 0 Å². The summed E-state index contributed by atoms with van der Waals surface area (Å²) in [6, 6.07) is -0.527. The Labute approximate surface area is 107 Å². The summed E-state index contributed by atoms with van der Waals surface area (Å²) in [5.74, 6) is -1.13. The third-order valence-electron chi connectivity index (χ3n) is 3.34. The van der Waals surface area contributed by atoms with Crippen LogP contribution in [-0.2, 0) is 9.59 Å². The first-order valence-electron chi connectivity index (χ1n) is 6.45. The van der Waals surface area contributed by atoms with Crippen molar-refractivity contribution >= 4 is 11.9 Å². The molecule has 1 unspecified atom stereocenters. The summed E-state index contributed by atoms with van der Waals surface area (Å²) >= 11 is 0. The summed E-state index contributed by atoms with van der Waals surface area (Å²) in [4.78, 5) is 24.3. The van der Waals surface area contributed by atoms with E-state index in [0.29, 0.717) is 13.0 Å². The van der Waals surface area contributed by atoms with Gasteiger partial charge in [0.15, 0.2) is 0 Å². The smallest absolute Gasteiger partial charge is 0.303 e. The molecule has 1 rings (SSSR count). The Balaban J connectivity index is 2.48. The van der Waals surface area contributed by atoms with Crippen molar-refractivity contribution in [2.75, 3.05) is 13.2 Å². The molecule has 6 nitrogen and oxygen atoms in total. The molecule has 0 aromatic carbocycles. The van der Waals surface area contributed by atoms with Gasteiger partial charge in [-0.05, 0) is 32.1 Å². The molecule has 0 heterocycles. The van der Waals surface area contributed by atoms with Crippen molar-refractivity contribution in [2.45, 2.75) is 50.6 Å². The molecule has 104 valence electrons. The number of nitrogens with zero attached hydrogens (tertiary/aromatic N) is 1. The minimum atomic E-state index is -0.941. The van der Waals surface area contributed by atoms with E-state index in [0.717, 1.165) is 19.3 Å². The normalized spacial score (nSPS) is 17.0. The summed E-state index contributed by atoms with van der Waals surface area (Å²) < 4.78 is 0. The monoisotopic (exact) mass is 258 g/mol. The second-order valence-electron chi connectivity index (χ2n) is 4.73. The predicted octanol–water partition coefficient (Wildman–Crippen LogP) is -0.0580. The molecule has 4 N–H and O–H groups in total. The zero-order chi connectivity index (χ0) is 13.5. The molecule has 0 spiro atoms. The minimum absolute atomic E-state index is 0.0425. The maximum atomic E-state index is 12.1. The lowest BCUT2D eigenvalue weighted by atomic mass is 9.90. The summed E-state index contributed by atoms with van der Waals surface area (Å²) in [7, 11) is 0. The van der Waals surface area contributed by atoms with E-state index in [2.05, 4.69) is 0 Å². The van der Waals surface area contributed by atoms with Crippen molar-refractivity contribution in [3.63, 3.8) is 0 Å². The Kier molecular flexibility index (Phi) is 6.07. The van der Waals surface area contributed by atoms with Crippen LogP contribution in [0.15, 0.2) is 0 Å². The highest BCUT2D eigenvalue weighted by Gasteiger charge is 2.31. The van der Waals surface area contributed by atoms with Crippen molar-refractivity contribution in [3.05, 3.63) is 0 Å². The van der Waals surface area contributed by atoms with Crippen LogP contribution in [0.2, 0.25) is 0 Å². The highest BCUT2D eigenvalue weighted by atomic mass is 16.4. The number of hydrogen-bond donors (Lipinski definition) is 3. The molecule has 18 heavy (non-hydrogen) atoms. The van der Waals surface area contributed by atoms with E-state index in [-0.39, 0.29) is 31.4 Å². The number of hydrogen-bond acceptors (Lipinski definition) is 4. The van der Waals surface area contributed by atoms with Crippen molar-refractivity contribution in [1.82, 2.24) is 4.90 Å². The fourth-order valence-corrected chi connectivity index (χ4v) is 2.03. The molecule has 1 amide bonds. The Morgan fingerprint density at radius 1 is 1.39 bits per heavy atom. The van der Waals surface area contributed by atoms with Gasteiger partial charge in [-0.3, -0.25) is 9.59 Å². The van der Waals surface area contributed by atoms with Gasteiger partial charge < -0.3 is 20.8 Å². The van der Waals surface area contributed by atoms with E-state index in [1.54, 1.807) is 4.90 Å². The fourth-order valence-electron chi connectivity index (χ4n) is 2.03. The summed E-state index contributed by atoms with van der Waals surface area (Å²) in [5, 5.41) is 17.4. The molecule has 0 bridgehead atoms. The molecule has 0 aromatic heterocycles. The van der Waals surface area contributed by atoms with Crippen LogP contribution in [0.3, 0.4) is 0 Å². The number of carbonyl (C=O) groups is 2. The van der Waals surface area contributed by atoms with Crippen LogP contribution >= 0.6 is 0 Å². The van der Waals surface area contributed by atoms with Crippen LogP contribution < -0.4 is 5.73 Å². The van der Waals surface area contributed by atoms with E-state index in [1.807, 2.05) is 0 Å². The zero-order valence-corrected chi connectivity index (χ0v) is 10.5. The predicted molar refractivity (Wildman–Crippen MR) is 65.9 cm³/mol. The second kappa shape index (κ2) is 7.33. The quantitative estimate of drug-likeness (QED) is 0.566. The Morgan fingerprint density at radius 3 is 2.50 bits per heavy atom. The second-order valence-corrected chi connectivity index (χ2v) is 4.73. The number of aliphatic hydroxyl groups is 1. The Morgan fingerprint density at radius 2 is 2.06 bits per heavy atom. The van der Waals surface area contributed by atoms with Gasteiger partial charge in [0.1, 0.15) is 0 Å².